The molecule has 0 aromatic heterocycles. The number of carbonyl (C=O) groups is 1. The Morgan fingerprint density at radius 3 is 2.50 bits per heavy atom. The van der Waals surface area contributed by atoms with Gasteiger partial charge in [-0.2, -0.15) is 13.2 Å². The van der Waals surface area contributed by atoms with E-state index in [2.05, 4.69) is 0 Å². The normalized spacial score (nSPS) is 15.0. The van der Waals surface area contributed by atoms with Crippen LogP contribution in [0.3, 0.4) is 0 Å². The minimum absolute atomic E-state index is 0.0476. The number of halogens is 3. The van der Waals surface area contributed by atoms with Crippen LogP contribution in [0.1, 0.15) is 29.5 Å². The summed E-state index contributed by atoms with van der Waals surface area (Å²) < 4.78 is 40.8. The molecule has 7 heteroatoms. The molecule has 1 fully saturated rings. The monoisotopic (exact) mass is 381 g/mol. The number of hydrogen-bond acceptors (Lipinski definition) is 3. The van der Waals surface area contributed by atoms with Crippen molar-refractivity contribution >= 4 is 23.4 Å². The van der Waals surface area contributed by atoms with E-state index < -0.39 is 11.7 Å². The molecule has 0 spiro atoms. The average Bonchev–Trinajstić information content (AvgIpc) is 3.02. The van der Waals surface area contributed by atoms with Crippen LogP contribution in [-0.2, 0) is 17.6 Å². The lowest BCUT2D eigenvalue weighted by Crippen LogP contribution is -2.24. The molecule has 1 aliphatic rings. The number of rotatable bonds is 4. The highest BCUT2D eigenvalue weighted by Gasteiger charge is 2.35. The van der Waals surface area contributed by atoms with Crippen molar-refractivity contribution in [2.24, 2.45) is 0 Å². The molecule has 0 bridgehead atoms. The third kappa shape index (κ3) is 3.88. The number of benzene rings is 2. The van der Waals surface area contributed by atoms with Crippen LogP contribution in [0.5, 0.6) is 0 Å². The van der Waals surface area contributed by atoms with Gasteiger partial charge in [-0.15, -0.1) is 0 Å². The van der Waals surface area contributed by atoms with Crippen LogP contribution in [0.2, 0.25) is 0 Å². The molecule has 1 heterocycles. The maximum Gasteiger partial charge on any atom is 0.417 e. The zero-order chi connectivity index (χ0) is 18.9. The SMILES string of the molecule is Cc1ccc(Sc2ccc(N3CCCC3=O)cc2C(F)(F)F)c(CO)c1. The van der Waals surface area contributed by atoms with Crippen molar-refractivity contribution in [2.75, 3.05) is 11.4 Å². The van der Waals surface area contributed by atoms with Crippen molar-refractivity contribution in [2.45, 2.75) is 42.3 Å². The first-order chi connectivity index (χ1) is 12.3. The molecule has 0 atom stereocenters. The van der Waals surface area contributed by atoms with Gasteiger partial charge in [0.25, 0.3) is 0 Å². The maximum absolute atomic E-state index is 13.6. The van der Waals surface area contributed by atoms with Gasteiger partial charge in [-0.05, 0) is 43.2 Å². The lowest BCUT2D eigenvalue weighted by atomic mass is 10.1. The van der Waals surface area contributed by atoms with Crippen LogP contribution in [0.15, 0.2) is 46.2 Å². The number of anilines is 1. The Hall–Kier alpha value is -1.99. The lowest BCUT2D eigenvalue weighted by Gasteiger charge is -2.20. The maximum atomic E-state index is 13.6. The molecule has 0 aliphatic carbocycles. The van der Waals surface area contributed by atoms with E-state index in [1.54, 1.807) is 24.3 Å². The Kier molecular flexibility index (Phi) is 5.29. The van der Waals surface area contributed by atoms with Crippen molar-refractivity contribution < 1.29 is 23.1 Å². The summed E-state index contributed by atoms with van der Waals surface area (Å²) in [5.74, 6) is -0.153. The summed E-state index contributed by atoms with van der Waals surface area (Å²) >= 11 is 0.970. The number of aliphatic hydroxyl groups is 1. The zero-order valence-electron chi connectivity index (χ0n) is 14.1. The van der Waals surface area contributed by atoms with Gasteiger partial charge in [0.05, 0.1) is 12.2 Å². The molecule has 0 radical (unpaired) electrons. The Morgan fingerprint density at radius 1 is 1.15 bits per heavy atom. The van der Waals surface area contributed by atoms with Gasteiger partial charge in [0.1, 0.15) is 0 Å². The second kappa shape index (κ2) is 7.32. The second-order valence-electron chi connectivity index (χ2n) is 6.20. The van der Waals surface area contributed by atoms with E-state index in [0.29, 0.717) is 29.8 Å². The van der Waals surface area contributed by atoms with Gasteiger partial charge in [-0.3, -0.25) is 4.79 Å². The van der Waals surface area contributed by atoms with Gasteiger partial charge < -0.3 is 10.0 Å². The topological polar surface area (TPSA) is 40.5 Å². The first-order valence-corrected chi connectivity index (χ1v) is 9.01. The fourth-order valence-electron chi connectivity index (χ4n) is 2.97. The van der Waals surface area contributed by atoms with E-state index >= 15 is 0 Å². The van der Waals surface area contributed by atoms with E-state index in [0.717, 1.165) is 23.4 Å². The number of aryl methyl sites for hydroxylation is 1. The molecule has 2 aromatic carbocycles. The molecule has 0 unspecified atom stereocenters. The van der Waals surface area contributed by atoms with Crippen LogP contribution < -0.4 is 4.90 Å². The first-order valence-electron chi connectivity index (χ1n) is 8.19. The Labute approximate surface area is 153 Å². The van der Waals surface area contributed by atoms with Crippen LogP contribution in [0.4, 0.5) is 18.9 Å². The summed E-state index contributed by atoms with van der Waals surface area (Å²) in [5, 5.41) is 9.49. The third-order valence-corrected chi connectivity index (χ3v) is 5.45. The summed E-state index contributed by atoms with van der Waals surface area (Å²) in [4.78, 5) is 13.9. The van der Waals surface area contributed by atoms with Crippen LogP contribution >= 0.6 is 11.8 Å². The molecular weight excluding hydrogens is 363 g/mol. The highest BCUT2D eigenvalue weighted by molar-refractivity contribution is 7.99. The Morgan fingerprint density at radius 2 is 1.88 bits per heavy atom. The first kappa shape index (κ1) is 18.8. The lowest BCUT2D eigenvalue weighted by molar-refractivity contribution is -0.139. The second-order valence-corrected chi connectivity index (χ2v) is 7.28. The van der Waals surface area contributed by atoms with Crippen molar-refractivity contribution in [3.05, 3.63) is 53.1 Å². The van der Waals surface area contributed by atoms with E-state index in [-0.39, 0.29) is 23.1 Å². The summed E-state index contributed by atoms with van der Waals surface area (Å²) in [7, 11) is 0. The molecule has 2 aromatic rings. The highest BCUT2D eigenvalue weighted by Crippen LogP contribution is 2.42. The van der Waals surface area contributed by atoms with E-state index in [1.807, 2.05) is 6.92 Å². The largest absolute Gasteiger partial charge is 0.417 e. The average molecular weight is 381 g/mol. The number of carbonyl (C=O) groups excluding carboxylic acids is 1. The van der Waals surface area contributed by atoms with Gasteiger partial charge in [0, 0.05) is 28.4 Å². The number of aliphatic hydroxyl groups excluding tert-OH is 1. The van der Waals surface area contributed by atoms with Crippen LogP contribution in [0, 0.1) is 6.92 Å². The quantitative estimate of drug-likeness (QED) is 0.828. The predicted octanol–water partition coefficient (Wildman–Crippen LogP) is 4.78. The third-order valence-electron chi connectivity index (χ3n) is 4.26. The number of amides is 1. The molecule has 1 saturated heterocycles. The minimum Gasteiger partial charge on any atom is -0.392 e. The van der Waals surface area contributed by atoms with Gasteiger partial charge in [0.2, 0.25) is 5.91 Å². The molecule has 138 valence electrons. The van der Waals surface area contributed by atoms with Crippen LogP contribution in [-0.4, -0.2) is 17.6 Å². The van der Waals surface area contributed by atoms with Crippen molar-refractivity contribution in [3.63, 3.8) is 0 Å². The molecule has 0 saturated carbocycles. The van der Waals surface area contributed by atoms with E-state index in [4.69, 9.17) is 0 Å². The van der Waals surface area contributed by atoms with Gasteiger partial charge in [0.15, 0.2) is 0 Å². The Balaban J connectivity index is 2.00. The minimum atomic E-state index is -4.54. The van der Waals surface area contributed by atoms with Crippen molar-refractivity contribution in [3.8, 4) is 0 Å². The standard InChI is InChI=1S/C19H18F3NO2S/c1-12-4-6-16(13(9-12)11-24)26-17-7-5-14(10-15(17)19(20,21)22)23-8-2-3-18(23)25/h4-7,9-10,24H,2-3,8,11H2,1H3. The zero-order valence-corrected chi connectivity index (χ0v) is 15.0. The molecular formula is C19H18F3NO2S. The van der Waals surface area contributed by atoms with E-state index in [1.165, 1.54) is 11.0 Å². The molecule has 3 rings (SSSR count). The van der Waals surface area contributed by atoms with Gasteiger partial charge in [-0.25, -0.2) is 0 Å². The van der Waals surface area contributed by atoms with Gasteiger partial charge >= 0.3 is 6.18 Å². The molecule has 1 amide bonds. The molecule has 1 N–H and O–H groups in total. The predicted molar refractivity (Wildman–Crippen MR) is 94.3 cm³/mol. The van der Waals surface area contributed by atoms with E-state index in [9.17, 15) is 23.1 Å². The summed E-state index contributed by atoms with van der Waals surface area (Å²) in [5.41, 5.74) is 1.01. The fraction of sp³-hybridized carbons (Fsp3) is 0.316. The Bertz CT molecular complexity index is 836. The highest BCUT2D eigenvalue weighted by atomic mass is 32.2. The molecule has 1 aliphatic heterocycles. The molecule has 26 heavy (non-hydrogen) atoms. The van der Waals surface area contributed by atoms with Crippen molar-refractivity contribution in [1.82, 2.24) is 0 Å². The summed E-state index contributed by atoms with van der Waals surface area (Å²) in [6.45, 7) is 2.05. The molecule has 3 nitrogen and oxygen atoms in total. The number of hydrogen-bond donors (Lipinski definition) is 1. The number of alkyl halides is 3. The fourth-order valence-corrected chi connectivity index (χ4v) is 4.02. The van der Waals surface area contributed by atoms with Gasteiger partial charge in [-0.1, -0.05) is 29.5 Å². The van der Waals surface area contributed by atoms with Crippen LogP contribution in [0.25, 0.3) is 0 Å². The smallest absolute Gasteiger partial charge is 0.392 e. The summed E-state index contributed by atoms with van der Waals surface area (Å²) in [6.07, 6.45) is -3.52. The van der Waals surface area contributed by atoms with Crippen molar-refractivity contribution in [1.29, 1.82) is 0 Å². The number of nitrogens with zero attached hydrogens (tertiary/aromatic N) is 1. The summed E-state index contributed by atoms with van der Waals surface area (Å²) in [6, 6.07) is 9.25.